The SMILES string of the molecule is CC(C)(C)c1ccc(N(c2ccc3c(c2)N(c2ccc4oc5ccccc5c4c2)c2cc(-c4ccccc4)cc4c2B3c2sc3ccc(C(C)(C)C)cc3c2N4c2ccc3oc4ccccc4c3c2)c2ccccc2-c2ccccc2)cc1. The molecule has 0 unspecified atom stereocenters. The van der Waals surface area contributed by atoms with E-state index >= 15 is 0 Å². The zero-order chi connectivity index (χ0) is 55.9. The number of rotatable bonds is 7. The number of benzene rings is 11. The Morgan fingerprint density at radius 1 is 0.398 bits per heavy atom. The second kappa shape index (κ2) is 18.5. The lowest BCUT2D eigenvalue weighted by Gasteiger charge is -2.44. The third-order valence-corrected chi connectivity index (χ3v) is 18.6. The van der Waals surface area contributed by atoms with E-state index in [9.17, 15) is 0 Å². The van der Waals surface area contributed by atoms with Crippen molar-refractivity contribution in [2.45, 2.75) is 52.4 Å². The zero-order valence-corrected chi connectivity index (χ0v) is 48.1. The quantitative estimate of drug-likeness (QED) is 0.149. The van der Waals surface area contributed by atoms with Gasteiger partial charge in [-0.3, -0.25) is 0 Å². The Morgan fingerprint density at radius 3 is 1.59 bits per heavy atom. The number of fused-ring (bicyclic) bond motifs is 12. The van der Waals surface area contributed by atoms with Gasteiger partial charge in [-0.25, -0.2) is 0 Å². The van der Waals surface area contributed by atoms with Crippen molar-refractivity contribution in [3.05, 3.63) is 254 Å². The number of nitrogens with zero attached hydrogens (tertiary/aromatic N) is 3. The van der Waals surface area contributed by atoms with E-state index in [-0.39, 0.29) is 17.5 Å². The fourth-order valence-electron chi connectivity index (χ4n) is 13.2. The van der Waals surface area contributed by atoms with Crippen LogP contribution in [0.15, 0.2) is 251 Å². The number of furan rings is 2. The van der Waals surface area contributed by atoms with Gasteiger partial charge in [0.25, 0.3) is 6.71 Å². The third kappa shape index (κ3) is 7.89. The zero-order valence-electron chi connectivity index (χ0n) is 47.2. The van der Waals surface area contributed by atoms with E-state index in [0.29, 0.717) is 0 Å². The molecule has 5 nitrogen and oxygen atoms in total. The number of hydrogen-bond donors (Lipinski definition) is 0. The van der Waals surface area contributed by atoms with E-state index in [0.717, 1.165) is 112 Å². The normalized spacial score (nSPS) is 13.1. The second-order valence-electron chi connectivity index (χ2n) is 24.5. The van der Waals surface area contributed by atoms with Crippen LogP contribution in [0.4, 0.5) is 51.2 Å². The summed E-state index contributed by atoms with van der Waals surface area (Å²) >= 11 is 1.94. The summed E-state index contributed by atoms with van der Waals surface area (Å²) in [5.74, 6) is 0. The van der Waals surface area contributed by atoms with E-state index in [1.165, 1.54) is 42.6 Å². The summed E-state index contributed by atoms with van der Waals surface area (Å²) in [6.07, 6.45) is 0. The Kier molecular flexibility index (Phi) is 11.0. The van der Waals surface area contributed by atoms with Crippen LogP contribution in [-0.4, -0.2) is 6.71 Å². The highest BCUT2D eigenvalue weighted by Gasteiger charge is 2.46. The summed E-state index contributed by atoms with van der Waals surface area (Å²) in [4.78, 5) is 7.63. The van der Waals surface area contributed by atoms with Crippen molar-refractivity contribution in [3.8, 4) is 22.3 Å². The molecule has 16 rings (SSSR count). The van der Waals surface area contributed by atoms with Gasteiger partial charge in [0, 0.05) is 81.8 Å². The third-order valence-electron chi connectivity index (χ3n) is 17.3. The van der Waals surface area contributed by atoms with Crippen LogP contribution in [0.3, 0.4) is 0 Å². The van der Waals surface area contributed by atoms with Gasteiger partial charge < -0.3 is 23.5 Å². The fourth-order valence-corrected chi connectivity index (χ4v) is 14.5. The van der Waals surface area contributed by atoms with Crippen LogP contribution >= 0.6 is 11.3 Å². The number of hydrogen-bond acceptors (Lipinski definition) is 6. The Labute approximate surface area is 488 Å². The predicted molar refractivity (Wildman–Crippen MR) is 353 cm³/mol. The summed E-state index contributed by atoms with van der Waals surface area (Å²) in [6, 6.07) is 89.7. The summed E-state index contributed by atoms with van der Waals surface area (Å²) in [6.45, 7) is 13.7. The highest BCUT2D eigenvalue weighted by atomic mass is 32.1. The molecule has 0 saturated heterocycles. The van der Waals surface area contributed by atoms with Crippen molar-refractivity contribution in [3.63, 3.8) is 0 Å². The minimum Gasteiger partial charge on any atom is -0.456 e. The van der Waals surface area contributed by atoms with Gasteiger partial charge in [0.15, 0.2) is 0 Å². The topological polar surface area (TPSA) is 36.0 Å². The van der Waals surface area contributed by atoms with Crippen LogP contribution in [0.1, 0.15) is 52.7 Å². The minimum atomic E-state index is -0.125. The van der Waals surface area contributed by atoms with Crippen LogP contribution in [-0.2, 0) is 10.8 Å². The van der Waals surface area contributed by atoms with Crippen molar-refractivity contribution in [1.29, 1.82) is 0 Å². The van der Waals surface area contributed by atoms with E-state index in [4.69, 9.17) is 8.83 Å². The molecule has 0 N–H and O–H groups in total. The minimum absolute atomic E-state index is 0.0143. The van der Waals surface area contributed by atoms with Gasteiger partial charge in [-0.15, -0.1) is 11.3 Å². The first-order valence-corrected chi connectivity index (χ1v) is 29.7. The van der Waals surface area contributed by atoms with E-state index in [1.54, 1.807) is 0 Å². The van der Waals surface area contributed by atoms with Crippen molar-refractivity contribution >= 4 is 139 Å². The second-order valence-corrected chi connectivity index (χ2v) is 25.6. The maximum Gasteiger partial charge on any atom is 0.264 e. The maximum absolute atomic E-state index is 6.57. The molecule has 3 aromatic heterocycles. The van der Waals surface area contributed by atoms with Crippen LogP contribution in [0.5, 0.6) is 0 Å². The van der Waals surface area contributed by atoms with Crippen molar-refractivity contribution in [2.75, 3.05) is 14.7 Å². The first-order valence-electron chi connectivity index (χ1n) is 28.8. The summed E-state index contributed by atoms with van der Waals surface area (Å²) in [5, 5.41) is 5.62. The molecule has 398 valence electrons. The molecule has 83 heavy (non-hydrogen) atoms. The molecule has 11 aromatic carbocycles. The molecule has 0 fully saturated rings. The summed E-state index contributed by atoms with van der Waals surface area (Å²) in [5.41, 5.74) is 23.1. The molecule has 0 atom stereocenters. The van der Waals surface area contributed by atoms with Crippen LogP contribution in [0.2, 0.25) is 0 Å². The van der Waals surface area contributed by atoms with E-state index in [2.05, 4.69) is 299 Å². The molecular formula is C76H58BN3O2S. The van der Waals surface area contributed by atoms with Crippen LogP contribution in [0, 0.1) is 0 Å². The fraction of sp³-hybridized carbons (Fsp3) is 0.105. The van der Waals surface area contributed by atoms with Crippen molar-refractivity contribution < 1.29 is 8.83 Å². The Hall–Kier alpha value is -9.56. The van der Waals surface area contributed by atoms with Gasteiger partial charge in [0.05, 0.1) is 11.4 Å². The molecule has 2 aliphatic rings. The Balaban J connectivity index is 1.02. The van der Waals surface area contributed by atoms with Gasteiger partial charge in [-0.05, 0) is 153 Å². The Bertz CT molecular complexity index is 4910. The standard InChI is InChI=1S/C76H58BN3O2S/c1-75(2,3)50-29-32-52(33-30-50)78(63-26-16-13-23-56(63)48-21-11-8-12-22-48)55-34-37-62-64(46-55)79(53-35-38-69-59(44-53)57-24-14-17-27-67(57)81-69)65-41-49(47-19-9-7-10-20-47)42-66-72(65)77(62)74-73(61-43-51(76(4,5)6)31-40-71(61)83-74)80(66)54-36-39-70-60(45-54)58-25-15-18-28-68(58)82-70/h7-46H,1-6H3. The Morgan fingerprint density at radius 2 is 0.940 bits per heavy atom. The molecular weight excluding hydrogens is 1030 g/mol. The highest BCUT2D eigenvalue weighted by Crippen LogP contribution is 2.52. The van der Waals surface area contributed by atoms with Gasteiger partial charge in [0.1, 0.15) is 22.3 Å². The molecule has 7 heteroatoms. The van der Waals surface area contributed by atoms with Crippen molar-refractivity contribution in [2.24, 2.45) is 0 Å². The smallest absolute Gasteiger partial charge is 0.264 e. The molecule has 5 heterocycles. The lowest BCUT2D eigenvalue weighted by Crippen LogP contribution is -2.60. The maximum atomic E-state index is 6.57. The predicted octanol–water partition coefficient (Wildman–Crippen LogP) is 20.2. The van der Waals surface area contributed by atoms with Gasteiger partial charge in [-0.2, -0.15) is 0 Å². The van der Waals surface area contributed by atoms with Gasteiger partial charge in [0.2, 0.25) is 0 Å². The average molecular weight is 1090 g/mol. The number of para-hydroxylation sites is 3. The van der Waals surface area contributed by atoms with Gasteiger partial charge >= 0.3 is 0 Å². The summed E-state index contributed by atoms with van der Waals surface area (Å²) in [7, 11) is 0. The first-order chi connectivity index (χ1) is 40.4. The number of thiophene rings is 1. The van der Waals surface area contributed by atoms with E-state index in [1.807, 2.05) is 11.3 Å². The molecule has 0 aliphatic carbocycles. The molecule has 0 bridgehead atoms. The lowest BCUT2D eigenvalue weighted by atomic mass is 9.36. The average Bonchev–Trinajstić information content (AvgIpc) is 2.54. The lowest BCUT2D eigenvalue weighted by molar-refractivity contribution is 0.590. The molecule has 0 amide bonds. The van der Waals surface area contributed by atoms with Crippen LogP contribution < -0.4 is 30.4 Å². The molecule has 14 aromatic rings. The summed E-state index contributed by atoms with van der Waals surface area (Å²) < 4.78 is 15.7. The molecule has 0 saturated carbocycles. The molecule has 0 radical (unpaired) electrons. The number of anilines is 9. The molecule has 2 aliphatic heterocycles. The van der Waals surface area contributed by atoms with E-state index < -0.39 is 0 Å². The first kappa shape index (κ1) is 49.3. The van der Waals surface area contributed by atoms with Crippen molar-refractivity contribution in [1.82, 2.24) is 0 Å². The highest BCUT2D eigenvalue weighted by molar-refractivity contribution is 7.33. The van der Waals surface area contributed by atoms with Crippen LogP contribution in [0.25, 0.3) is 76.2 Å². The monoisotopic (exact) mass is 1090 g/mol. The van der Waals surface area contributed by atoms with Gasteiger partial charge in [-0.1, -0.05) is 181 Å². The largest absolute Gasteiger partial charge is 0.456 e. The molecule has 0 spiro atoms.